The lowest BCUT2D eigenvalue weighted by atomic mass is 10.3. The van der Waals surface area contributed by atoms with Crippen LogP contribution in [0, 0.1) is 0 Å². The summed E-state index contributed by atoms with van der Waals surface area (Å²) in [6.07, 6.45) is 1.54. The molecule has 0 spiro atoms. The molecule has 0 aliphatic rings. The largest absolute Gasteiger partial charge is 0.591 e. The van der Waals surface area contributed by atoms with E-state index in [4.69, 9.17) is 4.74 Å². The van der Waals surface area contributed by atoms with E-state index in [1.807, 2.05) is 25.3 Å². The van der Waals surface area contributed by atoms with E-state index in [-0.39, 0.29) is 0 Å². The summed E-state index contributed by atoms with van der Waals surface area (Å²) in [4.78, 5) is 4.37. The summed E-state index contributed by atoms with van der Waals surface area (Å²) >= 11 is 5.56. The molecule has 23 heavy (non-hydrogen) atoms. The molecule has 0 amide bonds. The Kier molecular flexibility index (Phi) is 8.01. The topological polar surface area (TPSA) is 62.5 Å². The molecule has 0 aliphatic heterocycles. The van der Waals surface area contributed by atoms with E-state index in [1.165, 1.54) is 0 Å². The third kappa shape index (κ3) is 7.39. The van der Waals surface area contributed by atoms with Crippen LogP contribution < -0.4 is 0 Å². The molecule has 1 aromatic heterocycles. The van der Waals surface area contributed by atoms with Crippen LogP contribution in [0.2, 0.25) is 25.7 Å². The monoisotopic (exact) mass is 485 g/mol. The fourth-order valence-corrected chi connectivity index (χ4v) is 3.46. The van der Waals surface area contributed by atoms with E-state index in [1.54, 1.807) is 6.21 Å². The van der Waals surface area contributed by atoms with Crippen molar-refractivity contribution in [3.8, 4) is 0 Å². The van der Waals surface area contributed by atoms with Gasteiger partial charge in [-0.3, -0.25) is 4.57 Å². The van der Waals surface area contributed by atoms with Crippen LogP contribution in [0.25, 0.3) is 0 Å². The van der Waals surface area contributed by atoms with Crippen molar-refractivity contribution in [2.75, 3.05) is 6.61 Å². The van der Waals surface area contributed by atoms with Gasteiger partial charge in [0.1, 0.15) is 38.3 Å². The maximum atomic E-state index is 12.0. The second kappa shape index (κ2) is 8.62. The number of aromatic nitrogens is 2. The van der Waals surface area contributed by atoms with Gasteiger partial charge in [0.2, 0.25) is 0 Å². The second-order valence-electron chi connectivity index (χ2n) is 7.42. The van der Waals surface area contributed by atoms with Crippen molar-refractivity contribution in [2.24, 2.45) is 4.40 Å². The molecule has 5 nitrogen and oxygen atoms in total. The fourth-order valence-electron chi connectivity index (χ4n) is 1.43. The third-order valence-corrected chi connectivity index (χ3v) is 7.84. The maximum Gasteiger partial charge on any atom is 0.159 e. The zero-order valence-electron chi connectivity index (χ0n) is 14.5. The summed E-state index contributed by atoms with van der Waals surface area (Å²) < 4.78 is 24.9. The van der Waals surface area contributed by atoms with Gasteiger partial charge in [-0.15, -0.1) is 0 Å². The van der Waals surface area contributed by atoms with E-state index in [0.29, 0.717) is 17.2 Å². The van der Waals surface area contributed by atoms with Gasteiger partial charge in [-0.05, 0) is 58.7 Å². The van der Waals surface area contributed by atoms with Gasteiger partial charge in [0.05, 0.1) is 0 Å². The van der Waals surface area contributed by atoms with Crippen molar-refractivity contribution in [3.05, 3.63) is 15.0 Å². The Morgan fingerprint density at radius 3 is 2.48 bits per heavy atom. The van der Waals surface area contributed by atoms with Crippen LogP contribution in [0.5, 0.6) is 0 Å². The molecule has 9 heteroatoms. The predicted molar refractivity (Wildman–Crippen MR) is 107 cm³/mol. The van der Waals surface area contributed by atoms with Crippen molar-refractivity contribution in [3.63, 3.8) is 0 Å². The van der Waals surface area contributed by atoms with Crippen molar-refractivity contribution >= 4 is 57.5 Å². The zero-order valence-corrected chi connectivity index (χ0v) is 19.5. The molecular formula is C14H25Br2N3O2SSi. The lowest BCUT2D eigenvalue weighted by Crippen LogP contribution is -2.26. The Balaban J connectivity index is 2.78. The molecule has 1 heterocycles. The molecule has 1 atom stereocenters. The first-order valence-electron chi connectivity index (χ1n) is 7.37. The summed E-state index contributed by atoms with van der Waals surface area (Å²) in [7, 11) is -1.11. The lowest BCUT2D eigenvalue weighted by molar-refractivity contribution is 0.0854. The Labute approximate surface area is 159 Å². The molecule has 1 aromatic rings. The highest BCUT2D eigenvalue weighted by Gasteiger charge is 2.26. The van der Waals surface area contributed by atoms with Crippen molar-refractivity contribution < 1.29 is 9.29 Å². The molecule has 0 aliphatic carbocycles. The van der Waals surface area contributed by atoms with Gasteiger partial charge in [0.25, 0.3) is 0 Å². The number of hydrogen-bond acceptors (Lipinski definition) is 4. The van der Waals surface area contributed by atoms with E-state index in [2.05, 4.69) is 60.9 Å². The van der Waals surface area contributed by atoms with E-state index < -0.39 is 24.2 Å². The Hall–Kier alpha value is 0.327. The molecule has 0 fully saturated rings. The smallest absolute Gasteiger partial charge is 0.159 e. The average Bonchev–Trinajstić information content (AvgIpc) is 2.65. The first kappa shape index (κ1) is 21.4. The van der Waals surface area contributed by atoms with Gasteiger partial charge in [-0.25, -0.2) is 4.98 Å². The molecule has 1 rings (SSSR count). The molecule has 1 unspecified atom stereocenters. The quantitative estimate of drug-likeness (QED) is 0.245. The summed E-state index contributed by atoms with van der Waals surface area (Å²) in [5.74, 6) is 0.606. The minimum absolute atomic E-state index is 0.382. The van der Waals surface area contributed by atoms with Gasteiger partial charge in [0.15, 0.2) is 5.82 Å². The number of imidazole rings is 1. The molecule has 132 valence electrons. The highest BCUT2D eigenvalue weighted by molar-refractivity contribution is 9.13. The van der Waals surface area contributed by atoms with Crippen molar-refractivity contribution in [1.29, 1.82) is 0 Å². The highest BCUT2D eigenvalue weighted by atomic mass is 79.9. The van der Waals surface area contributed by atoms with Crippen molar-refractivity contribution in [1.82, 2.24) is 9.55 Å². The summed E-state index contributed by atoms with van der Waals surface area (Å²) in [6.45, 7) is 13.7. The Morgan fingerprint density at radius 1 is 1.35 bits per heavy atom. The second-order valence-corrected chi connectivity index (χ2v) is 16.5. The van der Waals surface area contributed by atoms with Crippen LogP contribution >= 0.6 is 31.9 Å². The van der Waals surface area contributed by atoms with Gasteiger partial charge >= 0.3 is 0 Å². The van der Waals surface area contributed by atoms with Crippen LogP contribution in [-0.2, 0) is 22.8 Å². The zero-order chi connectivity index (χ0) is 17.8. The molecule has 0 bridgehead atoms. The van der Waals surface area contributed by atoms with Crippen molar-refractivity contribution in [2.45, 2.75) is 57.9 Å². The molecule has 0 aromatic carbocycles. The number of ether oxygens (including phenoxy) is 1. The Bertz CT molecular complexity index is 553. The minimum atomic E-state index is -1.31. The summed E-state index contributed by atoms with van der Waals surface area (Å²) in [5, 5.41) is 0. The summed E-state index contributed by atoms with van der Waals surface area (Å²) in [6, 6.07) is 1.11. The molecule has 0 saturated carbocycles. The fraction of sp³-hybridized carbons (Fsp3) is 0.714. The van der Waals surface area contributed by atoms with E-state index in [9.17, 15) is 4.55 Å². The predicted octanol–water partition coefficient (Wildman–Crippen LogP) is 4.60. The first-order chi connectivity index (χ1) is 10.4. The van der Waals surface area contributed by atoms with Gasteiger partial charge in [-0.2, -0.15) is 0 Å². The number of halogens is 2. The van der Waals surface area contributed by atoms with Crippen LogP contribution in [0.4, 0.5) is 0 Å². The number of nitrogens with zero attached hydrogens (tertiary/aromatic N) is 3. The molecular weight excluding hydrogens is 462 g/mol. The number of hydrogen-bond donors (Lipinski definition) is 0. The van der Waals surface area contributed by atoms with E-state index >= 15 is 0 Å². The molecule has 0 saturated heterocycles. The van der Waals surface area contributed by atoms with Crippen LogP contribution in [0.3, 0.4) is 0 Å². The highest BCUT2D eigenvalue weighted by Crippen LogP contribution is 2.24. The van der Waals surface area contributed by atoms with Gasteiger partial charge < -0.3 is 9.29 Å². The normalized spacial score (nSPS) is 14.7. The van der Waals surface area contributed by atoms with Gasteiger partial charge in [0, 0.05) is 14.7 Å². The Morgan fingerprint density at radius 2 is 1.96 bits per heavy atom. The minimum Gasteiger partial charge on any atom is -0.591 e. The number of rotatable bonds is 7. The van der Waals surface area contributed by atoms with Crippen LogP contribution in [-0.4, -0.2) is 39.7 Å². The SMILES string of the molecule is CC(C)(C)[S+]([O-])N=Cc1nc(Br)c(Br)n1COCC[Si](C)(C)C. The van der Waals surface area contributed by atoms with E-state index in [0.717, 1.165) is 17.3 Å². The first-order valence-corrected chi connectivity index (χ1v) is 13.8. The standard InChI is InChI=1S/C14H25Br2N3O2SSi/c1-14(2,3)22(20)17-9-11-18-12(15)13(16)19(11)10-21-7-8-23(4,5)6/h9H,7-8,10H2,1-6H3. The maximum absolute atomic E-state index is 12.0. The molecule has 0 radical (unpaired) electrons. The lowest BCUT2D eigenvalue weighted by Gasteiger charge is -2.18. The molecule has 0 N–H and O–H groups in total. The third-order valence-electron chi connectivity index (χ3n) is 2.90. The summed E-state index contributed by atoms with van der Waals surface area (Å²) in [5.41, 5.74) is 0. The van der Waals surface area contributed by atoms with Crippen LogP contribution in [0.15, 0.2) is 13.6 Å². The average molecular weight is 487 g/mol. The van der Waals surface area contributed by atoms with Crippen LogP contribution in [0.1, 0.15) is 26.6 Å². The van der Waals surface area contributed by atoms with Gasteiger partial charge in [-0.1, -0.05) is 24.0 Å².